The van der Waals surface area contributed by atoms with E-state index in [2.05, 4.69) is 28.8 Å². The van der Waals surface area contributed by atoms with Crippen LogP contribution in [0.15, 0.2) is 72.3 Å². The maximum atomic E-state index is 12.0. The molecule has 1 aliphatic rings. The maximum absolute atomic E-state index is 12.0. The zero-order valence-corrected chi connectivity index (χ0v) is 15.6. The topological polar surface area (TPSA) is 67.4 Å². The average molecular weight is 388 g/mol. The molecular formula is C22H16N2O3S. The molecule has 0 aromatic heterocycles. The zero-order valence-electron chi connectivity index (χ0n) is 14.8. The Morgan fingerprint density at radius 1 is 0.893 bits per heavy atom. The number of benzene rings is 3. The third-order valence-corrected chi connectivity index (χ3v) is 4.59. The molecule has 6 heteroatoms. The molecule has 1 heterocycles. The van der Waals surface area contributed by atoms with Crippen LogP contribution >= 0.6 is 12.2 Å². The van der Waals surface area contributed by atoms with E-state index in [-0.39, 0.29) is 10.7 Å². The van der Waals surface area contributed by atoms with Crippen molar-refractivity contribution in [2.45, 2.75) is 6.61 Å². The lowest BCUT2D eigenvalue weighted by atomic mass is 10.1. The molecule has 2 N–H and O–H groups in total. The van der Waals surface area contributed by atoms with Gasteiger partial charge in [-0.05, 0) is 52.3 Å². The predicted octanol–water partition coefficient (Wildman–Crippen LogP) is 3.33. The van der Waals surface area contributed by atoms with E-state index in [0.717, 1.165) is 16.3 Å². The molecule has 0 bridgehead atoms. The minimum atomic E-state index is -0.518. The lowest BCUT2D eigenvalue weighted by Crippen LogP contribution is -2.51. The van der Waals surface area contributed by atoms with Gasteiger partial charge in [0.25, 0.3) is 11.8 Å². The number of fused-ring (bicyclic) bond motifs is 1. The largest absolute Gasteiger partial charge is 0.489 e. The van der Waals surface area contributed by atoms with Crippen LogP contribution in [-0.2, 0) is 16.2 Å². The lowest BCUT2D eigenvalue weighted by molar-refractivity contribution is -0.123. The summed E-state index contributed by atoms with van der Waals surface area (Å²) in [6.07, 6.45) is 1.51. The van der Waals surface area contributed by atoms with Crippen LogP contribution in [-0.4, -0.2) is 16.9 Å². The van der Waals surface area contributed by atoms with Crippen LogP contribution in [0.4, 0.5) is 0 Å². The van der Waals surface area contributed by atoms with Gasteiger partial charge in [-0.1, -0.05) is 54.6 Å². The molecule has 5 nitrogen and oxygen atoms in total. The fourth-order valence-electron chi connectivity index (χ4n) is 3.05. The quantitative estimate of drug-likeness (QED) is 0.409. The normalized spacial score (nSPS) is 13.9. The van der Waals surface area contributed by atoms with Crippen LogP contribution in [0.3, 0.4) is 0 Å². The van der Waals surface area contributed by atoms with Crippen molar-refractivity contribution in [3.8, 4) is 5.75 Å². The molecule has 4 rings (SSSR count). The molecule has 3 aromatic carbocycles. The highest BCUT2D eigenvalue weighted by Gasteiger charge is 2.25. The molecule has 0 atom stereocenters. The van der Waals surface area contributed by atoms with Crippen molar-refractivity contribution >= 4 is 46.0 Å². The van der Waals surface area contributed by atoms with Gasteiger partial charge in [-0.2, -0.15) is 0 Å². The summed E-state index contributed by atoms with van der Waals surface area (Å²) in [5, 5.41) is 7.16. The number of thiocarbonyl (C=S) groups is 1. The van der Waals surface area contributed by atoms with E-state index >= 15 is 0 Å². The van der Waals surface area contributed by atoms with Crippen molar-refractivity contribution in [1.82, 2.24) is 10.6 Å². The number of carbonyl (C=O) groups is 2. The minimum Gasteiger partial charge on any atom is -0.489 e. The Hall–Kier alpha value is -3.51. The smallest absolute Gasteiger partial charge is 0.263 e. The van der Waals surface area contributed by atoms with Crippen LogP contribution in [0.25, 0.3) is 16.8 Å². The highest BCUT2D eigenvalue weighted by Crippen LogP contribution is 2.22. The van der Waals surface area contributed by atoms with E-state index in [1.165, 1.54) is 6.08 Å². The Morgan fingerprint density at radius 3 is 2.43 bits per heavy atom. The second-order valence-electron chi connectivity index (χ2n) is 6.29. The number of hydrogen-bond acceptors (Lipinski definition) is 4. The van der Waals surface area contributed by atoms with Gasteiger partial charge >= 0.3 is 0 Å². The minimum absolute atomic E-state index is 0.000182. The van der Waals surface area contributed by atoms with E-state index in [9.17, 15) is 9.59 Å². The number of carbonyl (C=O) groups excluding carboxylic acids is 2. The summed E-state index contributed by atoms with van der Waals surface area (Å²) in [6, 6.07) is 21.5. The number of nitrogens with one attached hydrogen (secondary N) is 2. The molecule has 28 heavy (non-hydrogen) atoms. The average Bonchev–Trinajstić information content (AvgIpc) is 2.69. The lowest BCUT2D eigenvalue weighted by Gasteiger charge is -2.16. The van der Waals surface area contributed by atoms with Gasteiger partial charge in [-0.25, -0.2) is 0 Å². The standard InChI is InChI=1S/C22H16N2O3S/c25-20-19(21(26)24-22(28)23-20)12-14-5-3-9-17(11-14)27-13-16-8-4-7-15-6-1-2-10-18(15)16/h1-12H,13H2,(H2,23,24,25,26,28). The van der Waals surface area contributed by atoms with Gasteiger partial charge in [-0.15, -0.1) is 0 Å². The molecule has 1 aliphatic heterocycles. The highest BCUT2D eigenvalue weighted by molar-refractivity contribution is 7.80. The van der Waals surface area contributed by atoms with Crippen LogP contribution in [0.5, 0.6) is 5.75 Å². The summed E-state index contributed by atoms with van der Waals surface area (Å²) in [5.74, 6) is -0.388. The first-order valence-corrected chi connectivity index (χ1v) is 9.09. The first-order valence-electron chi connectivity index (χ1n) is 8.68. The number of amides is 2. The van der Waals surface area contributed by atoms with Gasteiger partial charge in [0.15, 0.2) is 5.11 Å². The van der Waals surface area contributed by atoms with Gasteiger partial charge in [0.05, 0.1) is 0 Å². The molecule has 1 saturated heterocycles. The molecule has 0 aliphatic carbocycles. The van der Waals surface area contributed by atoms with Crippen molar-refractivity contribution in [3.05, 3.63) is 83.4 Å². The number of hydrogen-bond donors (Lipinski definition) is 2. The van der Waals surface area contributed by atoms with Crippen LogP contribution in [0.2, 0.25) is 0 Å². The fraction of sp³-hybridized carbons (Fsp3) is 0.0455. The van der Waals surface area contributed by atoms with E-state index in [4.69, 9.17) is 17.0 Å². The van der Waals surface area contributed by atoms with Crippen molar-refractivity contribution in [1.29, 1.82) is 0 Å². The van der Waals surface area contributed by atoms with E-state index in [0.29, 0.717) is 17.9 Å². The van der Waals surface area contributed by atoms with Gasteiger partial charge in [0, 0.05) is 0 Å². The monoisotopic (exact) mass is 388 g/mol. The van der Waals surface area contributed by atoms with Crippen LogP contribution in [0.1, 0.15) is 11.1 Å². The Morgan fingerprint density at radius 2 is 1.61 bits per heavy atom. The Bertz CT molecular complexity index is 1110. The van der Waals surface area contributed by atoms with Gasteiger partial charge in [0.1, 0.15) is 17.9 Å². The van der Waals surface area contributed by atoms with Crippen molar-refractivity contribution in [3.63, 3.8) is 0 Å². The Labute approximate surface area is 167 Å². The zero-order chi connectivity index (χ0) is 19.5. The fourth-order valence-corrected chi connectivity index (χ4v) is 3.23. The third kappa shape index (κ3) is 3.77. The third-order valence-electron chi connectivity index (χ3n) is 4.39. The first kappa shape index (κ1) is 17.9. The maximum Gasteiger partial charge on any atom is 0.263 e. The van der Waals surface area contributed by atoms with Gasteiger partial charge < -0.3 is 4.74 Å². The van der Waals surface area contributed by atoms with Crippen molar-refractivity contribution in [2.75, 3.05) is 0 Å². The predicted molar refractivity (Wildman–Crippen MR) is 112 cm³/mol. The highest BCUT2D eigenvalue weighted by atomic mass is 32.1. The molecule has 3 aromatic rings. The first-order chi connectivity index (χ1) is 13.6. The number of rotatable bonds is 4. The van der Waals surface area contributed by atoms with E-state index in [1.54, 1.807) is 12.1 Å². The van der Waals surface area contributed by atoms with E-state index in [1.807, 2.05) is 36.4 Å². The number of ether oxygens (including phenoxy) is 1. The molecule has 0 saturated carbocycles. The molecule has 0 spiro atoms. The molecule has 1 fully saturated rings. The Kier molecular flexibility index (Phi) is 4.87. The summed E-state index contributed by atoms with van der Waals surface area (Å²) in [7, 11) is 0. The molecule has 2 amide bonds. The molecule has 0 radical (unpaired) electrons. The summed E-state index contributed by atoms with van der Waals surface area (Å²) in [6.45, 7) is 0.413. The van der Waals surface area contributed by atoms with Gasteiger partial charge in [0.2, 0.25) is 0 Å². The van der Waals surface area contributed by atoms with Crippen molar-refractivity contribution < 1.29 is 14.3 Å². The van der Waals surface area contributed by atoms with Crippen molar-refractivity contribution in [2.24, 2.45) is 0 Å². The van der Waals surface area contributed by atoms with Crippen LogP contribution in [0, 0.1) is 0 Å². The van der Waals surface area contributed by atoms with Crippen LogP contribution < -0.4 is 15.4 Å². The van der Waals surface area contributed by atoms with Gasteiger partial charge in [-0.3, -0.25) is 20.2 Å². The molecule has 138 valence electrons. The summed E-state index contributed by atoms with van der Waals surface area (Å²) < 4.78 is 5.95. The van der Waals surface area contributed by atoms with E-state index < -0.39 is 11.8 Å². The Balaban J connectivity index is 1.54. The summed E-state index contributed by atoms with van der Waals surface area (Å²) >= 11 is 4.80. The molecule has 0 unspecified atom stereocenters. The second-order valence-corrected chi connectivity index (χ2v) is 6.70. The SMILES string of the molecule is O=C1NC(=S)NC(=O)C1=Cc1cccc(OCc2cccc3ccccc23)c1. The summed E-state index contributed by atoms with van der Waals surface area (Å²) in [4.78, 5) is 24.0. The summed E-state index contributed by atoms with van der Waals surface area (Å²) in [5.41, 5.74) is 1.77. The molecular weight excluding hydrogens is 372 g/mol. The second kappa shape index (κ2) is 7.62.